The van der Waals surface area contributed by atoms with Gasteiger partial charge in [0.25, 0.3) is 0 Å². The number of benzene rings is 8. The van der Waals surface area contributed by atoms with Gasteiger partial charge in [0, 0.05) is 27.5 Å². The van der Waals surface area contributed by atoms with Crippen molar-refractivity contribution < 1.29 is 0 Å². The molecule has 0 saturated heterocycles. The predicted octanol–water partition coefficient (Wildman–Crippen LogP) is 12.5. The van der Waals surface area contributed by atoms with Gasteiger partial charge in [0.2, 0.25) is 0 Å². The highest BCUT2D eigenvalue weighted by atomic mass is 15.1. The molecular weight excluding hydrogens is 645 g/mol. The average molecular weight is 677 g/mol. The lowest BCUT2D eigenvalue weighted by Gasteiger charge is -2.17. The lowest BCUT2D eigenvalue weighted by Crippen LogP contribution is -2.04. The number of hydrogen-bond donors (Lipinski definition) is 0. The standard InChI is InChI=1S/C49H32N4/c1-3-16-34(17-4-1)39-21-9-10-24-42(39)48-50-47(35-18-5-2-6-19-35)51-49(52-48)43-30-29-38(37-28-27-33-15-7-8-20-36(33)31-37)32-46(43)53-44-25-13-11-22-40(44)41-23-12-14-26-45(41)53/h1-32H. The highest BCUT2D eigenvalue weighted by Crippen LogP contribution is 2.39. The first kappa shape index (κ1) is 30.6. The topological polar surface area (TPSA) is 43.6 Å². The maximum Gasteiger partial charge on any atom is 0.166 e. The summed E-state index contributed by atoms with van der Waals surface area (Å²) < 4.78 is 2.37. The summed E-state index contributed by atoms with van der Waals surface area (Å²) in [6.07, 6.45) is 0. The minimum absolute atomic E-state index is 0.610. The second-order valence-corrected chi connectivity index (χ2v) is 13.2. The summed E-state index contributed by atoms with van der Waals surface area (Å²) in [5, 5.41) is 4.82. The Labute approximate surface area is 307 Å². The van der Waals surface area contributed by atoms with E-state index in [2.05, 4.69) is 174 Å². The van der Waals surface area contributed by atoms with Crippen LogP contribution in [-0.2, 0) is 0 Å². The molecule has 0 amide bonds. The molecule has 248 valence electrons. The van der Waals surface area contributed by atoms with E-state index < -0.39 is 0 Å². The van der Waals surface area contributed by atoms with Crippen LogP contribution in [0.1, 0.15) is 0 Å². The summed E-state index contributed by atoms with van der Waals surface area (Å²) in [6.45, 7) is 0. The van der Waals surface area contributed by atoms with E-state index in [4.69, 9.17) is 15.0 Å². The summed E-state index contributed by atoms with van der Waals surface area (Å²) in [4.78, 5) is 15.7. The molecule has 53 heavy (non-hydrogen) atoms. The number of para-hydroxylation sites is 2. The molecule has 0 aliphatic carbocycles. The van der Waals surface area contributed by atoms with Crippen LogP contribution >= 0.6 is 0 Å². The van der Waals surface area contributed by atoms with E-state index in [0.29, 0.717) is 17.5 Å². The molecule has 0 aliphatic heterocycles. The zero-order valence-corrected chi connectivity index (χ0v) is 28.8. The summed E-state index contributed by atoms with van der Waals surface area (Å²) in [7, 11) is 0. The first-order valence-corrected chi connectivity index (χ1v) is 17.9. The fourth-order valence-corrected chi connectivity index (χ4v) is 7.52. The molecule has 10 aromatic rings. The van der Waals surface area contributed by atoms with Crippen molar-refractivity contribution in [2.24, 2.45) is 0 Å². The molecule has 4 nitrogen and oxygen atoms in total. The van der Waals surface area contributed by atoms with Gasteiger partial charge >= 0.3 is 0 Å². The summed E-state index contributed by atoms with van der Waals surface area (Å²) >= 11 is 0. The van der Waals surface area contributed by atoms with Gasteiger partial charge in [-0.1, -0.05) is 164 Å². The van der Waals surface area contributed by atoms with Gasteiger partial charge in [0.15, 0.2) is 17.5 Å². The van der Waals surface area contributed by atoms with Crippen molar-refractivity contribution in [2.75, 3.05) is 0 Å². The molecule has 2 heterocycles. The average Bonchev–Trinajstić information content (AvgIpc) is 3.58. The second-order valence-electron chi connectivity index (χ2n) is 13.2. The minimum atomic E-state index is 0.610. The van der Waals surface area contributed by atoms with Gasteiger partial charge in [-0.3, -0.25) is 0 Å². The van der Waals surface area contributed by atoms with E-state index in [9.17, 15) is 0 Å². The van der Waals surface area contributed by atoms with Crippen LogP contribution in [0.4, 0.5) is 0 Å². The third-order valence-corrected chi connectivity index (χ3v) is 10.1. The highest BCUT2D eigenvalue weighted by Gasteiger charge is 2.21. The van der Waals surface area contributed by atoms with Crippen molar-refractivity contribution in [3.05, 3.63) is 194 Å². The Morgan fingerprint density at radius 2 is 0.811 bits per heavy atom. The second kappa shape index (κ2) is 12.9. The molecule has 2 aromatic heterocycles. The van der Waals surface area contributed by atoms with E-state index >= 15 is 0 Å². The van der Waals surface area contributed by atoms with Crippen LogP contribution in [-0.4, -0.2) is 19.5 Å². The van der Waals surface area contributed by atoms with Gasteiger partial charge in [-0.25, -0.2) is 15.0 Å². The van der Waals surface area contributed by atoms with Crippen LogP contribution in [0, 0.1) is 0 Å². The molecule has 0 saturated carbocycles. The fourth-order valence-electron chi connectivity index (χ4n) is 7.52. The van der Waals surface area contributed by atoms with Crippen molar-refractivity contribution in [3.8, 4) is 62.1 Å². The summed E-state index contributed by atoms with van der Waals surface area (Å²) in [5.41, 5.74) is 10.5. The Kier molecular flexibility index (Phi) is 7.43. The molecule has 0 spiro atoms. The first-order valence-electron chi connectivity index (χ1n) is 17.9. The van der Waals surface area contributed by atoms with Gasteiger partial charge in [-0.2, -0.15) is 0 Å². The van der Waals surface area contributed by atoms with E-state index in [-0.39, 0.29) is 0 Å². The maximum absolute atomic E-state index is 5.32. The zero-order valence-electron chi connectivity index (χ0n) is 28.8. The van der Waals surface area contributed by atoms with Crippen LogP contribution in [0.5, 0.6) is 0 Å². The van der Waals surface area contributed by atoms with E-state index in [1.165, 1.54) is 21.5 Å². The Hall–Kier alpha value is -7.17. The maximum atomic E-state index is 5.32. The molecule has 0 bridgehead atoms. The normalized spacial score (nSPS) is 11.4. The number of rotatable bonds is 6. The zero-order chi connectivity index (χ0) is 35.1. The molecule has 0 atom stereocenters. The molecule has 0 unspecified atom stereocenters. The van der Waals surface area contributed by atoms with Crippen molar-refractivity contribution >= 4 is 32.6 Å². The molecule has 0 aliphatic rings. The molecule has 0 N–H and O–H groups in total. The monoisotopic (exact) mass is 676 g/mol. The van der Waals surface area contributed by atoms with E-state index in [1.807, 2.05) is 24.3 Å². The third kappa shape index (κ3) is 5.45. The van der Waals surface area contributed by atoms with Gasteiger partial charge in [0.1, 0.15) is 0 Å². The van der Waals surface area contributed by atoms with Crippen molar-refractivity contribution in [2.45, 2.75) is 0 Å². The van der Waals surface area contributed by atoms with E-state index in [1.54, 1.807) is 0 Å². The lowest BCUT2D eigenvalue weighted by molar-refractivity contribution is 1.06. The van der Waals surface area contributed by atoms with Crippen molar-refractivity contribution in [1.82, 2.24) is 19.5 Å². The molecule has 8 aromatic carbocycles. The third-order valence-electron chi connectivity index (χ3n) is 10.1. The molecule has 10 rings (SSSR count). The van der Waals surface area contributed by atoms with Crippen LogP contribution in [0.15, 0.2) is 194 Å². The van der Waals surface area contributed by atoms with Gasteiger partial charge < -0.3 is 4.57 Å². The van der Waals surface area contributed by atoms with Gasteiger partial charge in [-0.05, 0) is 63.4 Å². The van der Waals surface area contributed by atoms with Crippen LogP contribution in [0.25, 0.3) is 94.7 Å². The summed E-state index contributed by atoms with van der Waals surface area (Å²) in [5.74, 6) is 1.86. The quantitative estimate of drug-likeness (QED) is 0.176. The van der Waals surface area contributed by atoms with Gasteiger partial charge in [0.05, 0.1) is 16.7 Å². The smallest absolute Gasteiger partial charge is 0.166 e. The lowest BCUT2D eigenvalue weighted by atomic mass is 9.98. The largest absolute Gasteiger partial charge is 0.308 e. The Balaban J connectivity index is 1.27. The number of hydrogen-bond acceptors (Lipinski definition) is 3. The van der Waals surface area contributed by atoms with Gasteiger partial charge in [-0.15, -0.1) is 0 Å². The number of fused-ring (bicyclic) bond motifs is 4. The van der Waals surface area contributed by atoms with Crippen molar-refractivity contribution in [3.63, 3.8) is 0 Å². The molecule has 0 radical (unpaired) electrons. The minimum Gasteiger partial charge on any atom is -0.308 e. The first-order chi connectivity index (χ1) is 26.3. The van der Waals surface area contributed by atoms with Crippen LogP contribution in [0.3, 0.4) is 0 Å². The van der Waals surface area contributed by atoms with Crippen molar-refractivity contribution in [1.29, 1.82) is 0 Å². The molecular formula is C49H32N4. The summed E-state index contributed by atoms with van der Waals surface area (Å²) in [6, 6.07) is 68.1. The number of nitrogens with zero attached hydrogens (tertiary/aromatic N) is 4. The van der Waals surface area contributed by atoms with E-state index in [0.717, 1.165) is 55.7 Å². The SMILES string of the molecule is c1ccc(-c2nc(-c3ccccc3-c3ccccc3)nc(-c3ccc(-c4ccc5ccccc5c4)cc3-n3c4ccccc4c4ccccc43)n2)cc1. The fraction of sp³-hybridized carbons (Fsp3) is 0. The molecule has 0 fully saturated rings. The highest BCUT2D eigenvalue weighted by molar-refractivity contribution is 6.10. The van der Waals surface area contributed by atoms with Crippen LogP contribution < -0.4 is 0 Å². The van der Waals surface area contributed by atoms with Crippen LogP contribution in [0.2, 0.25) is 0 Å². The number of aromatic nitrogens is 4. The Bertz CT molecular complexity index is 2890. The predicted molar refractivity (Wildman–Crippen MR) is 219 cm³/mol. The molecule has 4 heteroatoms. The Morgan fingerprint density at radius 3 is 1.53 bits per heavy atom. The Morgan fingerprint density at radius 1 is 0.302 bits per heavy atom.